The van der Waals surface area contributed by atoms with Gasteiger partial charge in [-0.3, -0.25) is 4.90 Å². The number of aliphatic hydroxyl groups excluding tert-OH is 1. The van der Waals surface area contributed by atoms with Crippen LogP contribution in [0.25, 0.3) is 0 Å². The molecule has 0 aliphatic carbocycles. The molecule has 2 N–H and O–H groups in total. The van der Waals surface area contributed by atoms with Crippen LogP contribution in [0.3, 0.4) is 0 Å². The molecule has 1 unspecified atom stereocenters. The van der Waals surface area contributed by atoms with E-state index in [0.717, 1.165) is 18.4 Å². The van der Waals surface area contributed by atoms with Crippen molar-refractivity contribution in [1.82, 2.24) is 10.2 Å². The molecule has 0 aromatic heterocycles. The van der Waals surface area contributed by atoms with Gasteiger partial charge in [-0.25, -0.2) is 4.79 Å². The zero-order valence-corrected chi connectivity index (χ0v) is 16.2. The lowest BCUT2D eigenvalue weighted by Gasteiger charge is -2.40. The zero-order valence-electron chi connectivity index (χ0n) is 16.2. The minimum atomic E-state index is -0.520. The van der Waals surface area contributed by atoms with Gasteiger partial charge in [-0.15, -0.1) is 0 Å². The van der Waals surface area contributed by atoms with E-state index < -0.39 is 11.1 Å². The van der Waals surface area contributed by atoms with Gasteiger partial charge in [0.05, 0.1) is 25.4 Å². The van der Waals surface area contributed by atoms with E-state index in [0.29, 0.717) is 32.8 Å². The highest BCUT2D eigenvalue weighted by Crippen LogP contribution is 2.39. The van der Waals surface area contributed by atoms with Crippen LogP contribution in [0.4, 0.5) is 4.79 Å². The van der Waals surface area contributed by atoms with Crippen molar-refractivity contribution < 1.29 is 19.4 Å². The Hall–Kier alpha value is -1.63. The van der Waals surface area contributed by atoms with Crippen molar-refractivity contribution >= 4 is 6.09 Å². The van der Waals surface area contributed by atoms with Crippen molar-refractivity contribution in [3.05, 3.63) is 35.9 Å². The van der Waals surface area contributed by atoms with Crippen molar-refractivity contribution in [3.63, 3.8) is 0 Å². The molecule has 1 amide bonds. The van der Waals surface area contributed by atoms with E-state index >= 15 is 0 Å². The molecule has 0 saturated carbocycles. The summed E-state index contributed by atoms with van der Waals surface area (Å²) in [6.45, 7) is 8.56. The van der Waals surface area contributed by atoms with Crippen molar-refractivity contribution in [2.75, 3.05) is 39.5 Å². The fourth-order valence-electron chi connectivity index (χ4n) is 3.40. The summed E-state index contributed by atoms with van der Waals surface area (Å²) in [5.74, 6) is 0. The van der Waals surface area contributed by atoms with Gasteiger partial charge < -0.3 is 19.9 Å². The van der Waals surface area contributed by atoms with Crippen LogP contribution in [-0.2, 0) is 15.0 Å². The number of amides is 1. The smallest absolute Gasteiger partial charge is 0.411 e. The molecule has 1 saturated heterocycles. The lowest BCUT2D eigenvalue weighted by molar-refractivity contribution is 0.00640. The third-order valence-electron chi connectivity index (χ3n) is 4.49. The molecule has 1 aliphatic heterocycles. The summed E-state index contributed by atoms with van der Waals surface area (Å²) in [5, 5.41) is 12.2. The van der Waals surface area contributed by atoms with Crippen molar-refractivity contribution in [1.29, 1.82) is 0 Å². The van der Waals surface area contributed by atoms with Gasteiger partial charge in [-0.05, 0) is 39.2 Å². The van der Waals surface area contributed by atoms with Crippen LogP contribution in [0.5, 0.6) is 0 Å². The Morgan fingerprint density at radius 3 is 2.65 bits per heavy atom. The molecule has 1 aliphatic rings. The van der Waals surface area contributed by atoms with Crippen molar-refractivity contribution in [3.8, 4) is 0 Å². The lowest BCUT2D eigenvalue weighted by atomic mass is 9.87. The molecular weight excluding hydrogens is 332 g/mol. The van der Waals surface area contributed by atoms with E-state index in [4.69, 9.17) is 14.6 Å². The summed E-state index contributed by atoms with van der Waals surface area (Å²) in [7, 11) is 0. The molecule has 1 heterocycles. The van der Waals surface area contributed by atoms with Crippen LogP contribution in [0.1, 0.15) is 39.2 Å². The van der Waals surface area contributed by atoms with Gasteiger partial charge in [0, 0.05) is 19.6 Å². The Morgan fingerprint density at radius 2 is 2.00 bits per heavy atom. The van der Waals surface area contributed by atoms with Gasteiger partial charge in [0.15, 0.2) is 0 Å². The van der Waals surface area contributed by atoms with E-state index in [2.05, 4.69) is 17.4 Å². The Morgan fingerprint density at radius 1 is 1.27 bits per heavy atom. The molecule has 26 heavy (non-hydrogen) atoms. The first-order valence-electron chi connectivity index (χ1n) is 9.34. The normalized spacial score (nSPS) is 20.4. The highest BCUT2D eigenvalue weighted by molar-refractivity contribution is 5.70. The van der Waals surface area contributed by atoms with Gasteiger partial charge in [-0.1, -0.05) is 30.3 Å². The van der Waals surface area contributed by atoms with E-state index in [1.807, 2.05) is 43.9 Å². The molecule has 6 heteroatoms. The predicted molar refractivity (Wildman–Crippen MR) is 101 cm³/mol. The number of nitrogens with one attached hydrogen (secondary N) is 1. The molecule has 0 bridgehead atoms. The molecule has 146 valence electrons. The fraction of sp³-hybridized carbons (Fsp3) is 0.650. The summed E-state index contributed by atoms with van der Waals surface area (Å²) in [6.07, 6.45) is 1.56. The van der Waals surface area contributed by atoms with Gasteiger partial charge in [0.2, 0.25) is 0 Å². The molecule has 0 radical (unpaired) electrons. The van der Waals surface area contributed by atoms with Crippen LogP contribution >= 0.6 is 0 Å². The number of nitrogens with zero attached hydrogens (tertiary/aromatic N) is 1. The second-order valence-electron chi connectivity index (χ2n) is 7.65. The average Bonchev–Trinajstić information content (AvgIpc) is 3.02. The number of hydrogen-bond acceptors (Lipinski definition) is 5. The van der Waals surface area contributed by atoms with E-state index in [1.54, 1.807) is 0 Å². The molecule has 0 spiro atoms. The predicted octanol–water partition coefficient (Wildman–Crippen LogP) is 2.51. The highest BCUT2D eigenvalue weighted by atomic mass is 16.6. The number of carbonyl (C=O) groups is 1. The Balaban J connectivity index is 2.13. The molecule has 6 nitrogen and oxygen atoms in total. The number of likely N-dealkylation sites (tertiary alicyclic amines) is 1. The van der Waals surface area contributed by atoms with Crippen LogP contribution in [-0.4, -0.2) is 61.2 Å². The minimum absolute atomic E-state index is 0.0281. The van der Waals surface area contributed by atoms with Crippen molar-refractivity contribution in [2.24, 2.45) is 0 Å². The second kappa shape index (κ2) is 9.35. The number of aliphatic hydroxyl groups is 1. The first-order chi connectivity index (χ1) is 12.4. The number of hydrogen-bond donors (Lipinski definition) is 2. The van der Waals surface area contributed by atoms with Gasteiger partial charge in [-0.2, -0.15) is 0 Å². The maximum atomic E-state index is 12.8. The topological polar surface area (TPSA) is 71.0 Å². The third kappa shape index (κ3) is 5.43. The summed E-state index contributed by atoms with van der Waals surface area (Å²) >= 11 is 0. The number of carbonyl (C=O) groups excluding carboxylic acids is 1. The molecule has 1 atom stereocenters. The number of benzene rings is 1. The molecular formula is C20H32N2O4. The quantitative estimate of drug-likeness (QED) is 0.694. The van der Waals surface area contributed by atoms with E-state index in [9.17, 15) is 4.79 Å². The molecule has 1 aromatic rings. The molecule has 2 rings (SSSR count). The third-order valence-corrected chi connectivity index (χ3v) is 4.49. The maximum Gasteiger partial charge on any atom is 0.411 e. The Bertz CT molecular complexity index is 559. The van der Waals surface area contributed by atoms with E-state index in [1.165, 1.54) is 0 Å². The molecule has 1 fully saturated rings. The van der Waals surface area contributed by atoms with Gasteiger partial charge >= 0.3 is 6.09 Å². The van der Waals surface area contributed by atoms with Crippen LogP contribution in [0, 0.1) is 0 Å². The van der Waals surface area contributed by atoms with E-state index in [-0.39, 0.29) is 12.7 Å². The minimum Gasteiger partial charge on any atom is -0.444 e. The number of rotatable bonds is 8. The van der Waals surface area contributed by atoms with Gasteiger partial charge in [0.1, 0.15) is 5.60 Å². The Labute approximate surface area is 156 Å². The summed E-state index contributed by atoms with van der Waals surface area (Å²) in [6, 6.07) is 10.2. The first kappa shape index (κ1) is 20.7. The summed E-state index contributed by atoms with van der Waals surface area (Å²) < 4.78 is 11.0. The van der Waals surface area contributed by atoms with Crippen LogP contribution in [0.15, 0.2) is 30.3 Å². The summed E-state index contributed by atoms with van der Waals surface area (Å²) in [4.78, 5) is 14.7. The SMILES string of the molecule is CC(C)(C)OC(=O)N1CCCC1(CNCCOCCO)c1ccccc1. The van der Waals surface area contributed by atoms with Crippen LogP contribution in [0.2, 0.25) is 0 Å². The fourth-order valence-corrected chi connectivity index (χ4v) is 3.40. The Kier molecular flexibility index (Phi) is 7.43. The number of ether oxygens (including phenoxy) is 2. The molecule has 1 aromatic carbocycles. The van der Waals surface area contributed by atoms with Crippen LogP contribution < -0.4 is 5.32 Å². The van der Waals surface area contributed by atoms with Gasteiger partial charge in [0.25, 0.3) is 0 Å². The monoisotopic (exact) mass is 364 g/mol. The highest BCUT2D eigenvalue weighted by Gasteiger charge is 2.46. The second-order valence-corrected chi connectivity index (χ2v) is 7.65. The standard InChI is InChI=1S/C20H32N2O4/c1-19(2,3)26-18(24)22-12-7-10-20(22,17-8-5-4-6-9-17)16-21-11-14-25-15-13-23/h4-6,8-9,21,23H,7,10-16H2,1-3H3. The maximum absolute atomic E-state index is 12.8. The zero-order chi connectivity index (χ0) is 19.0. The average molecular weight is 364 g/mol. The lowest BCUT2D eigenvalue weighted by Crippen LogP contribution is -2.52. The van der Waals surface area contributed by atoms with Crippen molar-refractivity contribution in [2.45, 2.75) is 44.8 Å². The first-order valence-corrected chi connectivity index (χ1v) is 9.34. The largest absolute Gasteiger partial charge is 0.444 e. The summed E-state index contributed by atoms with van der Waals surface area (Å²) in [5.41, 5.74) is 0.181.